The van der Waals surface area contributed by atoms with Crippen LogP contribution in [0.2, 0.25) is 0 Å². The van der Waals surface area contributed by atoms with Crippen molar-refractivity contribution in [3.8, 4) is 0 Å². The lowest BCUT2D eigenvalue weighted by Crippen LogP contribution is -2.13. The molecule has 3 heterocycles. The van der Waals surface area contributed by atoms with E-state index in [4.69, 9.17) is 5.73 Å². The molecule has 1 aliphatic rings. The van der Waals surface area contributed by atoms with E-state index in [1.807, 2.05) is 11.5 Å². The Balaban J connectivity index is 1.62. The van der Waals surface area contributed by atoms with Crippen LogP contribution in [-0.2, 0) is 6.54 Å². The van der Waals surface area contributed by atoms with Crippen LogP contribution in [-0.4, -0.2) is 25.4 Å². The van der Waals surface area contributed by atoms with Crippen LogP contribution in [0.3, 0.4) is 0 Å². The number of hydrogen-bond acceptors (Lipinski definition) is 6. The standard InChI is InChI=1S/C16H14N6OS/c1-9-13(14(17)23)20-8-22(9)7-10-2-3-12-11(6-10)21-15-16(24-12)19-5-4-18-15/h2-6,8H,7H2,1H3,(H2,17,23)(H,18,21). The first-order valence-electron chi connectivity index (χ1n) is 7.32. The molecule has 0 aliphatic carbocycles. The molecule has 1 aromatic carbocycles. The molecule has 0 unspecified atom stereocenters. The Labute approximate surface area is 142 Å². The number of anilines is 2. The normalized spacial score (nSPS) is 12.2. The van der Waals surface area contributed by atoms with Gasteiger partial charge in [0.25, 0.3) is 5.91 Å². The topological polar surface area (TPSA) is 98.7 Å². The molecule has 1 aliphatic heterocycles. The van der Waals surface area contributed by atoms with Gasteiger partial charge in [0.15, 0.2) is 5.82 Å². The second-order valence-electron chi connectivity index (χ2n) is 5.44. The summed E-state index contributed by atoms with van der Waals surface area (Å²) in [6.07, 6.45) is 4.99. The molecule has 24 heavy (non-hydrogen) atoms. The monoisotopic (exact) mass is 338 g/mol. The molecule has 0 atom stereocenters. The Morgan fingerprint density at radius 1 is 1.29 bits per heavy atom. The largest absolute Gasteiger partial charge is 0.364 e. The van der Waals surface area contributed by atoms with Crippen LogP contribution < -0.4 is 11.1 Å². The fraction of sp³-hybridized carbons (Fsp3) is 0.125. The third-order valence-corrected chi connectivity index (χ3v) is 4.92. The smallest absolute Gasteiger partial charge is 0.269 e. The van der Waals surface area contributed by atoms with Crippen LogP contribution in [0, 0.1) is 6.92 Å². The number of primary amides is 1. The van der Waals surface area contributed by atoms with Gasteiger partial charge >= 0.3 is 0 Å². The van der Waals surface area contributed by atoms with E-state index in [0.29, 0.717) is 12.2 Å². The zero-order chi connectivity index (χ0) is 16.7. The van der Waals surface area contributed by atoms with E-state index in [1.165, 1.54) is 0 Å². The number of nitrogens with zero attached hydrogens (tertiary/aromatic N) is 4. The second kappa shape index (κ2) is 5.64. The van der Waals surface area contributed by atoms with Crippen molar-refractivity contribution in [2.45, 2.75) is 23.4 Å². The van der Waals surface area contributed by atoms with Gasteiger partial charge in [-0.3, -0.25) is 4.79 Å². The lowest BCUT2D eigenvalue weighted by atomic mass is 10.2. The minimum absolute atomic E-state index is 0.311. The van der Waals surface area contributed by atoms with Gasteiger partial charge in [-0.05, 0) is 24.6 Å². The minimum atomic E-state index is -0.509. The predicted octanol–water partition coefficient (Wildman–Crippen LogP) is 2.34. The number of hydrogen-bond donors (Lipinski definition) is 2. The summed E-state index contributed by atoms with van der Waals surface area (Å²) in [7, 11) is 0. The minimum Gasteiger partial charge on any atom is -0.364 e. The Kier molecular flexibility index (Phi) is 3.46. The Morgan fingerprint density at radius 3 is 2.92 bits per heavy atom. The van der Waals surface area contributed by atoms with E-state index in [-0.39, 0.29) is 0 Å². The maximum Gasteiger partial charge on any atom is 0.269 e. The van der Waals surface area contributed by atoms with Crippen molar-refractivity contribution in [3.63, 3.8) is 0 Å². The van der Waals surface area contributed by atoms with Gasteiger partial charge in [-0.15, -0.1) is 0 Å². The zero-order valence-electron chi connectivity index (χ0n) is 12.9. The van der Waals surface area contributed by atoms with E-state index < -0.39 is 5.91 Å². The molecule has 0 saturated carbocycles. The lowest BCUT2D eigenvalue weighted by Gasteiger charge is -2.19. The summed E-state index contributed by atoms with van der Waals surface area (Å²) >= 11 is 1.59. The molecule has 4 rings (SSSR count). The number of amides is 1. The highest BCUT2D eigenvalue weighted by molar-refractivity contribution is 7.99. The van der Waals surface area contributed by atoms with E-state index in [0.717, 1.165) is 32.7 Å². The molecule has 7 nitrogen and oxygen atoms in total. The predicted molar refractivity (Wildman–Crippen MR) is 90.5 cm³/mol. The third kappa shape index (κ3) is 2.50. The average Bonchev–Trinajstić information content (AvgIpc) is 2.94. The number of nitrogens with two attached hydrogens (primary N) is 1. The molecule has 0 radical (unpaired) electrons. The van der Waals surface area contributed by atoms with Crippen molar-refractivity contribution in [2.24, 2.45) is 5.73 Å². The van der Waals surface area contributed by atoms with Crippen LogP contribution in [0.25, 0.3) is 0 Å². The van der Waals surface area contributed by atoms with Gasteiger partial charge in [0, 0.05) is 29.5 Å². The van der Waals surface area contributed by atoms with Crippen LogP contribution in [0.5, 0.6) is 0 Å². The van der Waals surface area contributed by atoms with Crippen LogP contribution >= 0.6 is 11.8 Å². The first-order valence-corrected chi connectivity index (χ1v) is 8.14. The summed E-state index contributed by atoms with van der Waals surface area (Å²) in [5, 5.41) is 4.18. The molecule has 3 aromatic rings. The van der Waals surface area contributed by atoms with E-state index in [1.54, 1.807) is 30.5 Å². The highest BCUT2D eigenvalue weighted by Crippen LogP contribution is 2.42. The number of imidazole rings is 1. The lowest BCUT2D eigenvalue weighted by molar-refractivity contribution is 0.0995. The fourth-order valence-electron chi connectivity index (χ4n) is 2.62. The SMILES string of the molecule is Cc1c(C(N)=O)ncn1Cc1ccc2c(c1)Nc1nccnc1S2. The quantitative estimate of drug-likeness (QED) is 0.595. The average molecular weight is 338 g/mol. The highest BCUT2D eigenvalue weighted by Gasteiger charge is 2.18. The van der Waals surface area contributed by atoms with Gasteiger partial charge in [-0.1, -0.05) is 17.8 Å². The molecule has 0 spiro atoms. The summed E-state index contributed by atoms with van der Waals surface area (Å²) in [5.41, 5.74) is 8.48. The first-order chi connectivity index (χ1) is 11.6. The molecule has 0 saturated heterocycles. The Hall–Kier alpha value is -2.87. The molecule has 2 aromatic heterocycles. The molecule has 0 fully saturated rings. The van der Waals surface area contributed by atoms with Gasteiger partial charge in [-0.25, -0.2) is 15.0 Å². The molecule has 120 valence electrons. The second-order valence-corrected chi connectivity index (χ2v) is 6.47. The van der Waals surface area contributed by atoms with Gasteiger partial charge in [0.05, 0.1) is 12.0 Å². The summed E-state index contributed by atoms with van der Waals surface area (Å²) in [4.78, 5) is 25.1. The summed E-state index contributed by atoms with van der Waals surface area (Å²) in [6.45, 7) is 2.45. The van der Waals surface area contributed by atoms with Crippen molar-refractivity contribution in [2.75, 3.05) is 5.32 Å². The van der Waals surface area contributed by atoms with Gasteiger partial charge < -0.3 is 15.6 Å². The summed E-state index contributed by atoms with van der Waals surface area (Å²) in [6, 6.07) is 6.18. The van der Waals surface area contributed by atoms with E-state index in [9.17, 15) is 4.79 Å². The molecule has 3 N–H and O–H groups in total. The number of nitrogens with one attached hydrogen (secondary N) is 1. The van der Waals surface area contributed by atoms with Crippen molar-refractivity contribution < 1.29 is 4.79 Å². The number of carbonyl (C=O) groups excluding carboxylic acids is 1. The van der Waals surface area contributed by atoms with Crippen molar-refractivity contribution in [1.82, 2.24) is 19.5 Å². The number of aromatic nitrogens is 4. The summed E-state index contributed by atoms with van der Waals surface area (Å²) < 4.78 is 1.91. The Bertz CT molecular complexity index is 951. The zero-order valence-corrected chi connectivity index (χ0v) is 13.7. The summed E-state index contributed by atoms with van der Waals surface area (Å²) in [5.74, 6) is 0.256. The van der Waals surface area contributed by atoms with Gasteiger partial charge in [0.2, 0.25) is 0 Å². The number of carbonyl (C=O) groups is 1. The van der Waals surface area contributed by atoms with Gasteiger partial charge in [0.1, 0.15) is 10.7 Å². The van der Waals surface area contributed by atoms with Crippen LogP contribution in [0.15, 0.2) is 46.8 Å². The molecule has 1 amide bonds. The maximum absolute atomic E-state index is 11.3. The molecule has 0 bridgehead atoms. The number of rotatable bonds is 3. The highest BCUT2D eigenvalue weighted by atomic mass is 32.2. The molecular formula is C16H14N6OS. The first kappa shape index (κ1) is 14.7. The van der Waals surface area contributed by atoms with Crippen molar-refractivity contribution in [3.05, 3.63) is 53.9 Å². The Morgan fingerprint density at radius 2 is 2.12 bits per heavy atom. The fourth-order valence-corrected chi connectivity index (χ4v) is 3.50. The van der Waals surface area contributed by atoms with Crippen LogP contribution in [0.4, 0.5) is 11.5 Å². The maximum atomic E-state index is 11.3. The molecular weight excluding hydrogens is 324 g/mol. The van der Waals surface area contributed by atoms with Gasteiger partial charge in [-0.2, -0.15) is 0 Å². The van der Waals surface area contributed by atoms with E-state index >= 15 is 0 Å². The third-order valence-electron chi connectivity index (χ3n) is 3.85. The number of fused-ring (bicyclic) bond motifs is 2. The van der Waals surface area contributed by atoms with Crippen molar-refractivity contribution in [1.29, 1.82) is 0 Å². The molecule has 8 heteroatoms. The number of benzene rings is 1. The van der Waals surface area contributed by atoms with Crippen LogP contribution in [0.1, 0.15) is 21.7 Å². The van der Waals surface area contributed by atoms with Crippen molar-refractivity contribution >= 4 is 29.2 Å². The van der Waals surface area contributed by atoms with E-state index in [2.05, 4.69) is 38.5 Å².